The Labute approximate surface area is 134 Å². The molecule has 1 amide bonds. The molecule has 116 valence electrons. The molecule has 1 fully saturated rings. The van der Waals surface area contributed by atoms with Crippen molar-refractivity contribution in [3.63, 3.8) is 0 Å². The van der Waals surface area contributed by atoms with Crippen LogP contribution >= 0.6 is 15.9 Å². The molecule has 21 heavy (non-hydrogen) atoms. The average Bonchev–Trinajstić information content (AvgIpc) is 2.93. The molecule has 4 nitrogen and oxygen atoms in total. The lowest BCUT2D eigenvalue weighted by Gasteiger charge is -2.20. The second-order valence-corrected chi connectivity index (χ2v) is 6.64. The van der Waals surface area contributed by atoms with E-state index in [1.54, 1.807) is 6.92 Å². The Balaban J connectivity index is 2.01. The van der Waals surface area contributed by atoms with Gasteiger partial charge in [-0.1, -0.05) is 28.8 Å². The van der Waals surface area contributed by atoms with Crippen LogP contribution < -0.4 is 15.8 Å². The third-order valence-electron chi connectivity index (χ3n) is 3.84. The summed E-state index contributed by atoms with van der Waals surface area (Å²) in [6.45, 7) is 3.68. The van der Waals surface area contributed by atoms with Gasteiger partial charge in [-0.3, -0.25) is 4.79 Å². The third kappa shape index (κ3) is 4.45. The monoisotopic (exact) mass is 354 g/mol. The van der Waals surface area contributed by atoms with Gasteiger partial charge in [0.25, 0.3) is 5.91 Å². The molecule has 0 heterocycles. The van der Waals surface area contributed by atoms with Gasteiger partial charge in [-0.25, -0.2) is 0 Å². The molecule has 1 aromatic carbocycles. The van der Waals surface area contributed by atoms with E-state index in [0.717, 1.165) is 22.9 Å². The van der Waals surface area contributed by atoms with E-state index in [4.69, 9.17) is 10.5 Å². The zero-order valence-electron chi connectivity index (χ0n) is 12.6. The highest BCUT2D eigenvalue weighted by Crippen LogP contribution is 2.28. The molecule has 0 aliphatic heterocycles. The summed E-state index contributed by atoms with van der Waals surface area (Å²) < 4.78 is 6.77. The van der Waals surface area contributed by atoms with Crippen molar-refractivity contribution in [2.24, 2.45) is 5.73 Å². The lowest BCUT2D eigenvalue weighted by Crippen LogP contribution is -2.41. The van der Waals surface area contributed by atoms with E-state index in [-0.39, 0.29) is 11.9 Å². The summed E-state index contributed by atoms with van der Waals surface area (Å²) in [5, 5.41) is 3.05. The highest BCUT2D eigenvalue weighted by molar-refractivity contribution is 9.10. The molecule has 2 rings (SSSR count). The van der Waals surface area contributed by atoms with Crippen molar-refractivity contribution in [1.29, 1.82) is 0 Å². The number of amides is 1. The zero-order valence-corrected chi connectivity index (χ0v) is 14.2. The number of rotatable bonds is 5. The van der Waals surface area contributed by atoms with Crippen molar-refractivity contribution >= 4 is 21.8 Å². The minimum absolute atomic E-state index is 0.0551. The molecule has 1 unspecified atom stereocenters. The predicted octanol–water partition coefficient (Wildman–Crippen LogP) is 3.29. The van der Waals surface area contributed by atoms with E-state index < -0.39 is 6.10 Å². The minimum Gasteiger partial charge on any atom is -0.481 e. The molecule has 2 atom stereocenters. The summed E-state index contributed by atoms with van der Waals surface area (Å²) in [6.07, 6.45) is 4.01. The van der Waals surface area contributed by atoms with Crippen LogP contribution in [0, 0.1) is 0 Å². The van der Waals surface area contributed by atoms with Gasteiger partial charge in [0.15, 0.2) is 6.10 Å². The average molecular weight is 355 g/mol. The van der Waals surface area contributed by atoms with Crippen LogP contribution in [-0.4, -0.2) is 18.1 Å². The number of hydrogen-bond donors (Lipinski definition) is 2. The first-order valence-electron chi connectivity index (χ1n) is 7.49. The topological polar surface area (TPSA) is 64.3 Å². The maximum Gasteiger partial charge on any atom is 0.260 e. The molecule has 1 aromatic rings. The van der Waals surface area contributed by atoms with Crippen LogP contribution in [0.2, 0.25) is 0 Å². The maximum atomic E-state index is 12.2. The summed E-state index contributed by atoms with van der Waals surface area (Å²) in [5.74, 6) is 0.614. The molecule has 0 spiro atoms. The number of hydrogen-bond acceptors (Lipinski definition) is 3. The van der Waals surface area contributed by atoms with E-state index in [1.807, 2.05) is 25.1 Å². The first-order valence-corrected chi connectivity index (χ1v) is 8.28. The molecule has 1 aliphatic rings. The number of ether oxygens (including phenoxy) is 1. The molecule has 1 aliphatic carbocycles. The SMILES string of the molecule is CC(Oc1ccc(Br)cc1[C@H](C)N)C(=O)NC1CCCC1. The normalized spacial score (nSPS) is 18.3. The molecule has 0 saturated heterocycles. The summed E-state index contributed by atoms with van der Waals surface area (Å²) in [6, 6.07) is 5.83. The van der Waals surface area contributed by atoms with Crippen LogP contribution in [0.1, 0.15) is 51.1 Å². The molecule has 3 N–H and O–H groups in total. The van der Waals surface area contributed by atoms with Crippen molar-refractivity contribution in [1.82, 2.24) is 5.32 Å². The Morgan fingerprint density at radius 2 is 2.05 bits per heavy atom. The fraction of sp³-hybridized carbons (Fsp3) is 0.562. The standard InChI is InChI=1S/C16H23BrN2O2/c1-10(18)14-9-12(17)7-8-15(14)21-11(2)16(20)19-13-5-3-4-6-13/h7-11,13H,3-6,18H2,1-2H3,(H,19,20)/t10-,11?/m0/s1. The highest BCUT2D eigenvalue weighted by Gasteiger charge is 2.22. The molecule has 0 aromatic heterocycles. The zero-order chi connectivity index (χ0) is 15.4. The van der Waals surface area contributed by atoms with Gasteiger partial charge >= 0.3 is 0 Å². The largest absolute Gasteiger partial charge is 0.481 e. The number of nitrogens with one attached hydrogen (secondary N) is 1. The summed E-state index contributed by atoms with van der Waals surface area (Å²) in [4.78, 5) is 12.2. The number of carbonyl (C=O) groups is 1. The number of halogens is 1. The molecular weight excluding hydrogens is 332 g/mol. The number of nitrogens with two attached hydrogens (primary N) is 1. The van der Waals surface area contributed by atoms with Crippen LogP contribution in [0.3, 0.4) is 0 Å². The van der Waals surface area contributed by atoms with Gasteiger partial charge in [0.05, 0.1) is 0 Å². The van der Waals surface area contributed by atoms with Gasteiger partial charge in [0, 0.05) is 22.1 Å². The van der Waals surface area contributed by atoms with Gasteiger partial charge in [0.1, 0.15) is 5.75 Å². The third-order valence-corrected chi connectivity index (χ3v) is 4.33. The van der Waals surface area contributed by atoms with Gasteiger partial charge in [0.2, 0.25) is 0 Å². The van der Waals surface area contributed by atoms with E-state index in [1.165, 1.54) is 12.8 Å². The van der Waals surface area contributed by atoms with Crippen molar-refractivity contribution < 1.29 is 9.53 Å². The van der Waals surface area contributed by atoms with E-state index in [9.17, 15) is 4.79 Å². The molecular formula is C16H23BrN2O2. The summed E-state index contributed by atoms with van der Waals surface area (Å²) in [7, 11) is 0. The van der Waals surface area contributed by atoms with Gasteiger partial charge in [-0.05, 0) is 44.9 Å². The van der Waals surface area contributed by atoms with Crippen LogP contribution in [-0.2, 0) is 4.79 Å². The molecule has 0 bridgehead atoms. The lowest BCUT2D eigenvalue weighted by atomic mass is 10.1. The Morgan fingerprint density at radius 1 is 1.38 bits per heavy atom. The smallest absolute Gasteiger partial charge is 0.260 e. The Bertz CT molecular complexity index is 499. The quantitative estimate of drug-likeness (QED) is 0.852. The summed E-state index contributed by atoms with van der Waals surface area (Å²) >= 11 is 3.43. The minimum atomic E-state index is -0.524. The maximum absolute atomic E-state index is 12.2. The van der Waals surface area contributed by atoms with E-state index in [2.05, 4.69) is 21.2 Å². The first-order chi connectivity index (χ1) is 9.97. The fourth-order valence-corrected chi connectivity index (χ4v) is 2.99. The van der Waals surface area contributed by atoms with Gasteiger partial charge in [-0.2, -0.15) is 0 Å². The number of carbonyl (C=O) groups excluding carboxylic acids is 1. The lowest BCUT2D eigenvalue weighted by molar-refractivity contribution is -0.128. The Kier molecular flexibility index (Phi) is 5.65. The van der Waals surface area contributed by atoms with Crippen LogP contribution in [0.5, 0.6) is 5.75 Å². The van der Waals surface area contributed by atoms with Crippen LogP contribution in [0.4, 0.5) is 0 Å². The van der Waals surface area contributed by atoms with E-state index >= 15 is 0 Å². The van der Waals surface area contributed by atoms with Crippen LogP contribution in [0.15, 0.2) is 22.7 Å². The molecule has 0 radical (unpaired) electrons. The van der Waals surface area contributed by atoms with Crippen molar-refractivity contribution in [2.45, 2.75) is 57.7 Å². The fourth-order valence-electron chi connectivity index (χ4n) is 2.62. The van der Waals surface area contributed by atoms with Crippen molar-refractivity contribution in [3.8, 4) is 5.75 Å². The molecule has 5 heteroatoms. The Morgan fingerprint density at radius 3 is 2.67 bits per heavy atom. The number of benzene rings is 1. The van der Waals surface area contributed by atoms with Gasteiger partial charge in [-0.15, -0.1) is 0 Å². The van der Waals surface area contributed by atoms with Crippen molar-refractivity contribution in [3.05, 3.63) is 28.2 Å². The second kappa shape index (κ2) is 7.27. The first kappa shape index (κ1) is 16.3. The van der Waals surface area contributed by atoms with Crippen LogP contribution in [0.25, 0.3) is 0 Å². The van der Waals surface area contributed by atoms with E-state index in [0.29, 0.717) is 11.8 Å². The van der Waals surface area contributed by atoms with Crippen molar-refractivity contribution in [2.75, 3.05) is 0 Å². The second-order valence-electron chi connectivity index (χ2n) is 5.72. The predicted molar refractivity (Wildman–Crippen MR) is 87.2 cm³/mol. The Hall–Kier alpha value is -1.07. The highest BCUT2D eigenvalue weighted by atomic mass is 79.9. The summed E-state index contributed by atoms with van der Waals surface area (Å²) in [5.41, 5.74) is 6.86. The van der Waals surface area contributed by atoms with Gasteiger partial charge < -0.3 is 15.8 Å². The molecule has 1 saturated carbocycles.